The van der Waals surface area contributed by atoms with Crippen LogP contribution < -0.4 is 4.74 Å². The second-order valence-corrected chi connectivity index (χ2v) is 5.76. The number of nitrogens with zero attached hydrogens (tertiary/aromatic N) is 2. The molecule has 5 heteroatoms. The normalized spacial score (nSPS) is 18.0. The van der Waals surface area contributed by atoms with Crippen LogP contribution in [0.2, 0.25) is 0 Å². The third-order valence-electron chi connectivity index (χ3n) is 4.09. The monoisotopic (exact) mass is 312 g/mol. The summed E-state index contributed by atoms with van der Waals surface area (Å²) in [7, 11) is 0. The second kappa shape index (κ2) is 7.24. The summed E-state index contributed by atoms with van der Waals surface area (Å²) < 4.78 is 5.73. The molecule has 2 heterocycles. The largest absolute Gasteiger partial charge is 0.489 e. The third kappa shape index (κ3) is 4.07. The maximum atomic E-state index is 11.2. The number of ether oxygens (including phenoxy) is 1. The topological polar surface area (TPSA) is 62.7 Å². The molecule has 1 aliphatic heterocycles. The Labute approximate surface area is 135 Å². The maximum Gasteiger partial charge on any atom is 0.320 e. The Balaban J connectivity index is 1.56. The molecule has 0 unspecified atom stereocenters. The minimum Gasteiger partial charge on any atom is -0.489 e. The molecule has 1 aliphatic rings. The van der Waals surface area contributed by atoms with Crippen molar-refractivity contribution in [2.45, 2.75) is 32.0 Å². The molecule has 1 aromatic heterocycles. The average Bonchev–Trinajstić information content (AvgIpc) is 3.04. The number of likely N-dealkylation sites (tertiary alicyclic amines) is 1. The Kier molecular flexibility index (Phi) is 4.88. The van der Waals surface area contributed by atoms with Crippen molar-refractivity contribution in [3.05, 3.63) is 59.9 Å². The van der Waals surface area contributed by atoms with Crippen LogP contribution >= 0.6 is 0 Å². The van der Waals surface area contributed by atoms with E-state index in [1.54, 1.807) is 12.4 Å². The van der Waals surface area contributed by atoms with Crippen LogP contribution in [-0.4, -0.2) is 33.5 Å². The van der Waals surface area contributed by atoms with Crippen molar-refractivity contribution in [2.75, 3.05) is 6.54 Å². The van der Waals surface area contributed by atoms with E-state index in [0.717, 1.165) is 36.3 Å². The Morgan fingerprint density at radius 1 is 1.26 bits per heavy atom. The van der Waals surface area contributed by atoms with Crippen LogP contribution in [0.1, 0.15) is 24.0 Å². The molecular weight excluding hydrogens is 292 g/mol. The van der Waals surface area contributed by atoms with Gasteiger partial charge in [0.1, 0.15) is 18.4 Å². The van der Waals surface area contributed by atoms with E-state index in [1.807, 2.05) is 41.3 Å². The van der Waals surface area contributed by atoms with Crippen LogP contribution in [0.5, 0.6) is 5.75 Å². The van der Waals surface area contributed by atoms with Gasteiger partial charge in [-0.25, -0.2) is 0 Å². The summed E-state index contributed by atoms with van der Waals surface area (Å²) in [5.41, 5.74) is 2.13. The van der Waals surface area contributed by atoms with Gasteiger partial charge in [0.15, 0.2) is 0 Å². The zero-order chi connectivity index (χ0) is 16.1. The van der Waals surface area contributed by atoms with Crippen LogP contribution in [0.4, 0.5) is 0 Å². The lowest BCUT2D eigenvalue weighted by Crippen LogP contribution is -2.35. The molecule has 0 radical (unpaired) electrons. The quantitative estimate of drug-likeness (QED) is 0.888. The molecule has 1 aromatic carbocycles. The van der Waals surface area contributed by atoms with Gasteiger partial charge in [-0.3, -0.25) is 14.7 Å². The maximum absolute atomic E-state index is 11.2. The molecule has 0 spiro atoms. The molecule has 120 valence electrons. The molecular formula is C18H20N2O3. The second-order valence-electron chi connectivity index (χ2n) is 5.76. The first kappa shape index (κ1) is 15.5. The number of carboxylic acid groups (broad SMARTS) is 1. The van der Waals surface area contributed by atoms with Gasteiger partial charge < -0.3 is 9.84 Å². The molecule has 2 aromatic rings. The van der Waals surface area contributed by atoms with Crippen LogP contribution in [-0.2, 0) is 17.9 Å². The highest BCUT2D eigenvalue weighted by molar-refractivity contribution is 5.73. The average molecular weight is 312 g/mol. The Morgan fingerprint density at radius 3 is 2.78 bits per heavy atom. The number of pyridine rings is 1. The first-order valence-electron chi connectivity index (χ1n) is 7.80. The highest BCUT2D eigenvalue weighted by Gasteiger charge is 2.30. The predicted octanol–water partition coefficient (Wildman–Crippen LogP) is 2.71. The van der Waals surface area contributed by atoms with Gasteiger partial charge in [0, 0.05) is 24.5 Å². The number of aromatic nitrogens is 1. The van der Waals surface area contributed by atoms with E-state index in [-0.39, 0.29) is 6.04 Å². The number of benzene rings is 1. The lowest BCUT2D eigenvalue weighted by Gasteiger charge is -2.21. The van der Waals surface area contributed by atoms with Crippen molar-refractivity contribution in [2.24, 2.45) is 0 Å². The van der Waals surface area contributed by atoms with Crippen LogP contribution in [0, 0.1) is 0 Å². The van der Waals surface area contributed by atoms with Gasteiger partial charge in [0.2, 0.25) is 0 Å². The van der Waals surface area contributed by atoms with E-state index in [2.05, 4.69) is 4.98 Å². The zero-order valence-corrected chi connectivity index (χ0v) is 12.9. The van der Waals surface area contributed by atoms with Crippen molar-refractivity contribution in [1.29, 1.82) is 0 Å². The molecule has 0 saturated carbocycles. The van der Waals surface area contributed by atoms with Gasteiger partial charge in [0.05, 0.1) is 0 Å². The number of rotatable bonds is 6. The van der Waals surface area contributed by atoms with Gasteiger partial charge in [-0.1, -0.05) is 18.2 Å². The van der Waals surface area contributed by atoms with E-state index >= 15 is 0 Å². The number of hydrogen-bond acceptors (Lipinski definition) is 4. The van der Waals surface area contributed by atoms with Gasteiger partial charge in [-0.15, -0.1) is 0 Å². The summed E-state index contributed by atoms with van der Waals surface area (Å²) in [6.07, 6.45) is 5.21. The number of carboxylic acids is 1. The Hall–Kier alpha value is -2.40. The molecule has 0 amide bonds. The number of hydrogen-bond donors (Lipinski definition) is 1. The summed E-state index contributed by atoms with van der Waals surface area (Å²) in [5, 5.41) is 9.22. The van der Waals surface area contributed by atoms with Crippen molar-refractivity contribution < 1.29 is 14.6 Å². The fourth-order valence-corrected chi connectivity index (χ4v) is 2.87. The minimum atomic E-state index is -0.723. The summed E-state index contributed by atoms with van der Waals surface area (Å²) in [5.74, 6) is 0.0766. The standard InChI is InChI=1S/C18H20N2O3/c21-18(22)17-4-2-10-20(17)12-14-5-7-16(8-6-14)23-13-15-3-1-9-19-11-15/h1,3,5-9,11,17H,2,4,10,12-13H2,(H,21,22)/t17-/m1/s1. The molecule has 1 fully saturated rings. The van der Waals surface area contributed by atoms with E-state index < -0.39 is 5.97 Å². The SMILES string of the molecule is O=C(O)[C@H]1CCCN1Cc1ccc(OCc2cccnc2)cc1. The van der Waals surface area contributed by atoms with Crippen molar-refractivity contribution in [1.82, 2.24) is 9.88 Å². The molecule has 1 atom stereocenters. The predicted molar refractivity (Wildman–Crippen MR) is 86.1 cm³/mol. The highest BCUT2D eigenvalue weighted by Crippen LogP contribution is 2.21. The first-order chi connectivity index (χ1) is 11.2. The number of aliphatic carboxylic acids is 1. The Morgan fingerprint density at radius 2 is 2.09 bits per heavy atom. The lowest BCUT2D eigenvalue weighted by atomic mass is 10.2. The van der Waals surface area contributed by atoms with Crippen molar-refractivity contribution >= 4 is 5.97 Å². The lowest BCUT2D eigenvalue weighted by molar-refractivity contribution is -0.142. The van der Waals surface area contributed by atoms with Crippen LogP contribution in [0.25, 0.3) is 0 Å². The zero-order valence-electron chi connectivity index (χ0n) is 12.9. The summed E-state index contributed by atoms with van der Waals surface area (Å²) in [6.45, 7) is 2.00. The van der Waals surface area contributed by atoms with Gasteiger partial charge in [-0.2, -0.15) is 0 Å². The molecule has 1 saturated heterocycles. The first-order valence-corrected chi connectivity index (χ1v) is 7.80. The number of carbonyl (C=O) groups is 1. The van der Waals surface area contributed by atoms with E-state index in [4.69, 9.17) is 4.74 Å². The smallest absolute Gasteiger partial charge is 0.320 e. The van der Waals surface area contributed by atoms with Gasteiger partial charge in [0.25, 0.3) is 0 Å². The molecule has 23 heavy (non-hydrogen) atoms. The molecule has 1 N–H and O–H groups in total. The molecule has 0 aliphatic carbocycles. The van der Waals surface area contributed by atoms with Crippen molar-refractivity contribution in [3.8, 4) is 5.75 Å². The Bertz CT molecular complexity index is 643. The van der Waals surface area contributed by atoms with E-state index in [1.165, 1.54) is 0 Å². The third-order valence-corrected chi connectivity index (χ3v) is 4.09. The van der Waals surface area contributed by atoms with Crippen LogP contribution in [0.3, 0.4) is 0 Å². The highest BCUT2D eigenvalue weighted by atomic mass is 16.5. The van der Waals surface area contributed by atoms with Crippen LogP contribution in [0.15, 0.2) is 48.8 Å². The summed E-state index contributed by atoms with van der Waals surface area (Å²) in [4.78, 5) is 17.3. The summed E-state index contributed by atoms with van der Waals surface area (Å²) >= 11 is 0. The fraction of sp³-hybridized carbons (Fsp3) is 0.333. The van der Waals surface area contributed by atoms with Gasteiger partial charge in [-0.05, 0) is 43.1 Å². The van der Waals surface area contributed by atoms with E-state index in [0.29, 0.717) is 13.2 Å². The van der Waals surface area contributed by atoms with E-state index in [9.17, 15) is 9.90 Å². The minimum absolute atomic E-state index is 0.350. The molecule has 3 rings (SSSR count). The molecule has 0 bridgehead atoms. The van der Waals surface area contributed by atoms with Crippen molar-refractivity contribution in [3.63, 3.8) is 0 Å². The summed E-state index contributed by atoms with van der Waals surface area (Å²) in [6, 6.07) is 11.4. The fourth-order valence-electron chi connectivity index (χ4n) is 2.87. The van der Waals surface area contributed by atoms with Gasteiger partial charge >= 0.3 is 5.97 Å². The molecule has 5 nitrogen and oxygen atoms in total.